The lowest BCUT2D eigenvalue weighted by Gasteiger charge is -2.12. The van der Waals surface area contributed by atoms with Crippen LogP contribution in [0.5, 0.6) is 0 Å². The summed E-state index contributed by atoms with van der Waals surface area (Å²) < 4.78 is 8.39. The Morgan fingerprint density at radius 3 is 1.95 bits per heavy atom. The van der Waals surface area contributed by atoms with Gasteiger partial charge < -0.3 is 4.57 Å². The smallest absolute Gasteiger partial charge is 0.235 e. The number of fused-ring (bicyclic) bond motifs is 12. The molecule has 0 aliphatic rings. The van der Waals surface area contributed by atoms with E-state index in [1.807, 2.05) is 11.3 Å². The Balaban J connectivity index is 1.06. The molecule has 0 aliphatic heterocycles. The van der Waals surface area contributed by atoms with Gasteiger partial charge in [-0.3, -0.25) is 4.57 Å². The first-order valence-corrected chi connectivity index (χ1v) is 23.2. The second-order valence-electron chi connectivity index (χ2n) is 16.5. The van der Waals surface area contributed by atoms with Crippen LogP contribution in [-0.4, -0.2) is 19.1 Å². The third-order valence-corrected chi connectivity index (χ3v) is 15.3. The fourth-order valence-corrected chi connectivity index (χ4v) is 12.3. The van der Waals surface area contributed by atoms with Gasteiger partial charge in [0.25, 0.3) is 0 Å². The molecule has 14 aromatic rings. The molecule has 0 amide bonds. The van der Waals surface area contributed by atoms with Crippen molar-refractivity contribution in [2.24, 2.45) is 0 Å². The molecule has 64 heavy (non-hydrogen) atoms. The molecular weight excluding hydrogens is 817 g/mol. The molecular formula is C58H34N4S2. The van der Waals surface area contributed by atoms with Gasteiger partial charge in [-0.15, -0.1) is 22.7 Å². The van der Waals surface area contributed by atoms with Gasteiger partial charge in [0.1, 0.15) is 0 Å². The van der Waals surface area contributed by atoms with Gasteiger partial charge in [0.15, 0.2) is 0 Å². The Bertz CT molecular complexity index is 4190. The van der Waals surface area contributed by atoms with E-state index in [1.54, 1.807) is 11.3 Å². The van der Waals surface area contributed by atoms with Gasteiger partial charge in [0.2, 0.25) is 5.95 Å². The second-order valence-corrected chi connectivity index (χ2v) is 18.6. The highest BCUT2D eigenvalue weighted by molar-refractivity contribution is 7.25. The molecule has 4 nitrogen and oxygen atoms in total. The van der Waals surface area contributed by atoms with Crippen LogP contribution in [-0.2, 0) is 0 Å². The van der Waals surface area contributed by atoms with Crippen LogP contribution in [0.25, 0.3) is 129 Å². The topological polar surface area (TPSA) is 35.6 Å². The fraction of sp³-hybridized carbons (Fsp3) is 0. The summed E-state index contributed by atoms with van der Waals surface area (Å²) in [5, 5.41) is 9.66. The molecule has 5 heterocycles. The highest BCUT2D eigenvalue weighted by Gasteiger charge is 2.23. The normalized spacial score (nSPS) is 12.1. The van der Waals surface area contributed by atoms with Crippen LogP contribution in [0.4, 0.5) is 0 Å². The number of nitrogens with zero attached hydrogens (tertiary/aromatic N) is 4. The van der Waals surface area contributed by atoms with Crippen molar-refractivity contribution >= 4 is 107 Å². The summed E-state index contributed by atoms with van der Waals surface area (Å²) >= 11 is 3.61. The fourth-order valence-electron chi connectivity index (χ4n) is 10.1. The Labute approximate surface area is 375 Å². The van der Waals surface area contributed by atoms with Crippen molar-refractivity contribution in [1.29, 1.82) is 0 Å². The number of para-hydroxylation sites is 3. The van der Waals surface area contributed by atoms with Crippen molar-refractivity contribution in [3.63, 3.8) is 0 Å². The number of thiophene rings is 2. The summed E-state index contributed by atoms with van der Waals surface area (Å²) in [7, 11) is 0. The van der Waals surface area contributed by atoms with Crippen molar-refractivity contribution in [2.75, 3.05) is 0 Å². The third-order valence-electron chi connectivity index (χ3n) is 12.9. The molecule has 0 saturated heterocycles. The van der Waals surface area contributed by atoms with E-state index in [4.69, 9.17) is 9.97 Å². The number of hydrogen-bond donors (Lipinski definition) is 0. The summed E-state index contributed by atoms with van der Waals surface area (Å²) in [6.45, 7) is 0. The maximum absolute atomic E-state index is 5.65. The standard InChI is InChI=1S/C58H34N4S2/c1-3-15-36(16-4-1)53-34-48-57(64-53)54(38-28-31-52-47(33-38)43-21-10-12-25-51(43)63-52)60-58(59-48)62-50-30-27-37(32-46(50)45-29-26-35-14-7-8-19-40(35)56(45)62)41-22-13-23-44-42-20-9-11-24-49(42)61(55(41)44)39-17-5-2-6-18-39/h1-34H. The van der Waals surface area contributed by atoms with Crippen LogP contribution in [0.15, 0.2) is 206 Å². The Hall–Kier alpha value is -7.90. The molecule has 6 heteroatoms. The van der Waals surface area contributed by atoms with Gasteiger partial charge in [-0.2, -0.15) is 0 Å². The van der Waals surface area contributed by atoms with Crippen molar-refractivity contribution in [3.8, 4) is 44.5 Å². The van der Waals surface area contributed by atoms with E-state index in [1.165, 1.54) is 63.4 Å². The second kappa shape index (κ2) is 13.8. The molecule has 0 unspecified atom stereocenters. The van der Waals surface area contributed by atoms with Gasteiger partial charge >= 0.3 is 0 Å². The average Bonchev–Trinajstić information content (AvgIpc) is 4.13. The summed E-state index contributed by atoms with van der Waals surface area (Å²) in [6.07, 6.45) is 0. The molecule has 0 fully saturated rings. The zero-order chi connectivity index (χ0) is 41.9. The zero-order valence-electron chi connectivity index (χ0n) is 34.2. The molecule has 0 spiro atoms. The van der Waals surface area contributed by atoms with Crippen molar-refractivity contribution < 1.29 is 0 Å². The highest BCUT2D eigenvalue weighted by atomic mass is 32.1. The minimum Gasteiger partial charge on any atom is -0.309 e. The van der Waals surface area contributed by atoms with E-state index >= 15 is 0 Å². The summed E-state index contributed by atoms with van der Waals surface area (Å²) in [5.41, 5.74) is 12.2. The summed E-state index contributed by atoms with van der Waals surface area (Å²) in [5.74, 6) is 0.658. The summed E-state index contributed by atoms with van der Waals surface area (Å²) in [4.78, 5) is 12.3. The van der Waals surface area contributed by atoms with E-state index in [0.29, 0.717) is 5.95 Å². The van der Waals surface area contributed by atoms with Crippen molar-refractivity contribution in [3.05, 3.63) is 206 Å². The Kier molecular flexibility index (Phi) is 7.69. The molecule has 0 N–H and O–H groups in total. The lowest BCUT2D eigenvalue weighted by molar-refractivity contribution is 1.02. The molecule has 14 rings (SSSR count). The van der Waals surface area contributed by atoms with Crippen LogP contribution < -0.4 is 0 Å². The van der Waals surface area contributed by atoms with Crippen molar-refractivity contribution in [1.82, 2.24) is 19.1 Å². The first kappa shape index (κ1) is 35.7. The van der Waals surface area contributed by atoms with Gasteiger partial charge in [0.05, 0.1) is 38.0 Å². The SMILES string of the molecule is c1ccc(-c2cc3nc(-n4c5ccc(-c6cccc7c8ccccc8n(-c8ccccc8)c67)cc5c5ccc6ccccc6c54)nc(-c4ccc5sc6ccccc6c5c4)c3s2)cc1. The third kappa shape index (κ3) is 5.27. The summed E-state index contributed by atoms with van der Waals surface area (Å²) in [6, 6.07) is 74.8. The predicted octanol–water partition coefficient (Wildman–Crippen LogP) is 16.4. The van der Waals surface area contributed by atoms with E-state index in [0.717, 1.165) is 59.9 Å². The predicted molar refractivity (Wildman–Crippen MR) is 273 cm³/mol. The van der Waals surface area contributed by atoms with Gasteiger partial charge in [-0.05, 0) is 71.1 Å². The minimum absolute atomic E-state index is 0.658. The maximum atomic E-state index is 5.65. The van der Waals surface area contributed by atoms with Crippen molar-refractivity contribution in [2.45, 2.75) is 0 Å². The molecule has 298 valence electrons. The molecule has 5 aromatic heterocycles. The highest BCUT2D eigenvalue weighted by Crippen LogP contribution is 2.45. The van der Waals surface area contributed by atoms with Crippen LogP contribution >= 0.6 is 22.7 Å². The largest absolute Gasteiger partial charge is 0.309 e. The quantitative estimate of drug-likeness (QED) is 0.173. The zero-order valence-corrected chi connectivity index (χ0v) is 35.9. The maximum Gasteiger partial charge on any atom is 0.235 e. The minimum atomic E-state index is 0.658. The van der Waals surface area contributed by atoms with Gasteiger partial charge in [-0.25, -0.2) is 9.97 Å². The number of benzene rings is 9. The van der Waals surface area contributed by atoms with E-state index < -0.39 is 0 Å². The molecule has 0 radical (unpaired) electrons. The molecule has 0 saturated carbocycles. The van der Waals surface area contributed by atoms with E-state index in [9.17, 15) is 0 Å². The first-order valence-electron chi connectivity index (χ1n) is 21.6. The Morgan fingerprint density at radius 2 is 1.06 bits per heavy atom. The lowest BCUT2D eigenvalue weighted by Crippen LogP contribution is -2.03. The van der Waals surface area contributed by atoms with Crippen LogP contribution in [0.3, 0.4) is 0 Å². The lowest BCUT2D eigenvalue weighted by atomic mass is 9.99. The van der Waals surface area contributed by atoms with E-state index in [2.05, 4.69) is 215 Å². The van der Waals surface area contributed by atoms with Crippen LogP contribution in [0.2, 0.25) is 0 Å². The monoisotopic (exact) mass is 850 g/mol. The molecule has 0 bridgehead atoms. The van der Waals surface area contributed by atoms with Crippen LogP contribution in [0.1, 0.15) is 0 Å². The first-order chi connectivity index (χ1) is 31.7. The molecule has 9 aromatic carbocycles. The van der Waals surface area contributed by atoms with E-state index in [-0.39, 0.29) is 0 Å². The van der Waals surface area contributed by atoms with Gasteiger partial charge in [0, 0.05) is 68.8 Å². The number of hydrogen-bond acceptors (Lipinski definition) is 4. The number of rotatable bonds is 5. The molecule has 0 atom stereocenters. The molecule has 0 aliphatic carbocycles. The average molecular weight is 851 g/mol. The Morgan fingerprint density at radius 1 is 0.375 bits per heavy atom. The van der Waals surface area contributed by atoms with Gasteiger partial charge in [-0.1, -0.05) is 152 Å². The number of aromatic nitrogens is 4. The van der Waals surface area contributed by atoms with Crippen LogP contribution in [0, 0.1) is 0 Å².